The second-order valence-electron chi connectivity index (χ2n) is 3.86. The number of hydrogen-bond acceptors (Lipinski definition) is 3. The number of aliphatic hydroxyl groups is 2. The van der Waals surface area contributed by atoms with E-state index in [1.807, 2.05) is 0 Å². The van der Waals surface area contributed by atoms with Gasteiger partial charge in [0.05, 0.1) is 5.56 Å². The van der Waals surface area contributed by atoms with Crippen LogP contribution in [0.2, 0.25) is 0 Å². The van der Waals surface area contributed by atoms with Crippen molar-refractivity contribution in [3.8, 4) is 0 Å². The van der Waals surface area contributed by atoms with Gasteiger partial charge < -0.3 is 15.3 Å². The molecule has 0 aliphatic rings. The number of aliphatic hydroxyl groups excluding tert-OH is 2. The van der Waals surface area contributed by atoms with E-state index in [-0.39, 0.29) is 11.1 Å². The summed E-state index contributed by atoms with van der Waals surface area (Å²) in [6.45, 7) is 1.37. The van der Waals surface area contributed by atoms with Crippen LogP contribution in [0.1, 0.15) is 22.8 Å². The zero-order valence-corrected chi connectivity index (χ0v) is 9.27. The van der Waals surface area contributed by atoms with Crippen LogP contribution in [0.25, 0.3) is 0 Å². The fourth-order valence-corrected chi connectivity index (χ4v) is 1.46. The lowest BCUT2D eigenvalue weighted by atomic mass is 9.99. The first kappa shape index (κ1) is 14.5. The van der Waals surface area contributed by atoms with Crippen molar-refractivity contribution in [2.24, 2.45) is 0 Å². The van der Waals surface area contributed by atoms with Gasteiger partial charge in [0.15, 0.2) is 6.10 Å². The Balaban J connectivity index is 3.18. The van der Waals surface area contributed by atoms with Crippen molar-refractivity contribution in [2.45, 2.75) is 25.3 Å². The van der Waals surface area contributed by atoms with Gasteiger partial charge in [-0.15, -0.1) is 0 Å². The van der Waals surface area contributed by atoms with Crippen LogP contribution in [0.15, 0.2) is 18.2 Å². The minimum atomic E-state index is -4.60. The fourth-order valence-electron chi connectivity index (χ4n) is 1.46. The number of carbonyl (C=O) groups is 1. The highest BCUT2D eigenvalue weighted by Crippen LogP contribution is 2.32. The van der Waals surface area contributed by atoms with Crippen LogP contribution in [0.5, 0.6) is 0 Å². The SMILES string of the molecule is Cc1cc(C(O)C(O)C(=O)O)cc(C(F)(F)F)c1. The summed E-state index contributed by atoms with van der Waals surface area (Å²) in [4.78, 5) is 10.4. The van der Waals surface area contributed by atoms with E-state index in [9.17, 15) is 23.1 Å². The van der Waals surface area contributed by atoms with Crippen LogP contribution in [0, 0.1) is 6.92 Å². The van der Waals surface area contributed by atoms with Crippen molar-refractivity contribution in [1.29, 1.82) is 0 Å². The molecule has 1 rings (SSSR count). The summed E-state index contributed by atoms with van der Waals surface area (Å²) >= 11 is 0. The van der Waals surface area contributed by atoms with E-state index in [1.165, 1.54) is 13.0 Å². The Bertz CT molecular complexity index is 456. The van der Waals surface area contributed by atoms with Crippen molar-refractivity contribution >= 4 is 5.97 Å². The van der Waals surface area contributed by atoms with Gasteiger partial charge in [-0.25, -0.2) is 4.79 Å². The average Bonchev–Trinajstić information content (AvgIpc) is 2.24. The van der Waals surface area contributed by atoms with Gasteiger partial charge in [-0.2, -0.15) is 13.2 Å². The Morgan fingerprint density at radius 1 is 1.22 bits per heavy atom. The summed E-state index contributed by atoms with van der Waals surface area (Å²) in [5, 5.41) is 27.1. The van der Waals surface area contributed by atoms with Crippen molar-refractivity contribution in [1.82, 2.24) is 0 Å². The minimum Gasteiger partial charge on any atom is -0.479 e. The van der Waals surface area contributed by atoms with E-state index in [2.05, 4.69) is 0 Å². The molecular formula is C11H11F3O4. The van der Waals surface area contributed by atoms with Gasteiger partial charge in [-0.1, -0.05) is 11.6 Å². The van der Waals surface area contributed by atoms with Gasteiger partial charge in [0.2, 0.25) is 0 Å². The Hall–Kier alpha value is -1.60. The molecule has 0 fully saturated rings. The van der Waals surface area contributed by atoms with Crippen molar-refractivity contribution in [3.63, 3.8) is 0 Å². The molecule has 1 aromatic carbocycles. The number of rotatable bonds is 3. The van der Waals surface area contributed by atoms with Crippen LogP contribution in [-0.4, -0.2) is 27.4 Å². The van der Waals surface area contributed by atoms with E-state index in [1.54, 1.807) is 0 Å². The molecule has 2 unspecified atom stereocenters. The summed E-state index contributed by atoms with van der Waals surface area (Å²) < 4.78 is 37.5. The Morgan fingerprint density at radius 3 is 2.22 bits per heavy atom. The number of hydrogen-bond donors (Lipinski definition) is 3. The van der Waals surface area contributed by atoms with Gasteiger partial charge in [0.25, 0.3) is 0 Å². The van der Waals surface area contributed by atoms with E-state index in [0.29, 0.717) is 6.07 Å². The van der Waals surface area contributed by atoms with Gasteiger partial charge in [-0.3, -0.25) is 0 Å². The second-order valence-corrected chi connectivity index (χ2v) is 3.86. The monoisotopic (exact) mass is 264 g/mol. The summed E-state index contributed by atoms with van der Waals surface area (Å²) in [7, 11) is 0. The van der Waals surface area contributed by atoms with E-state index in [0.717, 1.165) is 6.07 Å². The van der Waals surface area contributed by atoms with Crippen LogP contribution >= 0.6 is 0 Å². The maximum absolute atomic E-state index is 12.5. The number of carboxylic acid groups (broad SMARTS) is 1. The van der Waals surface area contributed by atoms with Gasteiger partial charge in [0, 0.05) is 0 Å². The zero-order valence-electron chi connectivity index (χ0n) is 9.27. The van der Waals surface area contributed by atoms with E-state index < -0.39 is 29.9 Å². The highest BCUT2D eigenvalue weighted by atomic mass is 19.4. The number of halogens is 3. The summed E-state index contributed by atoms with van der Waals surface area (Å²) in [5.74, 6) is -1.71. The predicted molar refractivity (Wildman–Crippen MR) is 54.8 cm³/mol. The molecule has 0 spiro atoms. The first-order valence-corrected chi connectivity index (χ1v) is 4.90. The van der Waals surface area contributed by atoms with Gasteiger partial charge >= 0.3 is 12.1 Å². The van der Waals surface area contributed by atoms with Crippen LogP contribution in [-0.2, 0) is 11.0 Å². The third-order valence-corrected chi connectivity index (χ3v) is 2.32. The molecule has 3 N–H and O–H groups in total. The normalized spacial score (nSPS) is 15.2. The Morgan fingerprint density at radius 2 is 1.78 bits per heavy atom. The molecule has 1 aromatic rings. The Kier molecular flexibility index (Phi) is 3.98. The average molecular weight is 264 g/mol. The molecule has 18 heavy (non-hydrogen) atoms. The lowest BCUT2D eigenvalue weighted by molar-refractivity contribution is -0.153. The number of aliphatic carboxylic acids is 1. The lowest BCUT2D eigenvalue weighted by Gasteiger charge is -2.17. The molecule has 0 saturated heterocycles. The Labute approximate surface area is 100 Å². The molecular weight excluding hydrogens is 253 g/mol. The van der Waals surface area contributed by atoms with Crippen LogP contribution in [0.4, 0.5) is 13.2 Å². The molecule has 0 heterocycles. The zero-order chi connectivity index (χ0) is 14.1. The smallest absolute Gasteiger partial charge is 0.416 e. The van der Waals surface area contributed by atoms with E-state index in [4.69, 9.17) is 10.2 Å². The largest absolute Gasteiger partial charge is 0.479 e. The lowest BCUT2D eigenvalue weighted by Crippen LogP contribution is -2.27. The molecule has 0 aliphatic carbocycles. The molecule has 4 nitrogen and oxygen atoms in total. The number of carboxylic acids is 1. The molecule has 2 atom stereocenters. The number of alkyl halides is 3. The third kappa shape index (κ3) is 3.21. The summed E-state index contributed by atoms with van der Waals surface area (Å²) in [5.41, 5.74) is -1.09. The molecule has 0 radical (unpaired) electrons. The number of benzene rings is 1. The fraction of sp³-hybridized carbons (Fsp3) is 0.364. The molecule has 0 aliphatic heterocycles. The maximum atomic E-state index is 12.5. The molecule has 0 aromatic heterocycles. The molecule has 0 bridgehead atoms. The second kappa shape index (κ2) is 4.95. The number of aryl methyl sites for hydroxylation is 1. The predicted octanol–water partition coefficient (Wildman–Crippen LogP) is 1.49. The van der Waals surface area contributed by atoms with E-state index >= 15 is 0 Å². The summed E-state index contributed by atoms with van der Waals surface area (Å²) in [6.07, 6.45) is -8.69. The third-order valence-electron chi connectivity index (χ3n) is 2.32. The minimum absolute atomic E-state index is 0.205. The summed E-state index contributed by atoms with van der Waals surface area (Å²) in [6, 6.07) is 2.67. The molecule has 0 amide bonds. The van der Waals surface area contributed by atoms with Crippen LogP contribution in [0.3, 0.4) is 0 Å². The standard InChI is InChI=1S/C11H11F3O4/c1-5-2-6(8(15)9(16)10(17)18)4-7(3-5)11(12,13)14/h2-4,8-9,15-16H,1H3,(H,17,18). The maximum Gasteiger partial charge on any atom is 0.416 e. The first-order valence-electron chi connectivity index (χ1n) is 4.90. The first-order chi connectivity index (χ1) is 8.12. The van der Waals surface area contributed by atoms with Crippen molar-refractivity contribution in [3.05, 3.63) is 34.9 Å². The molecule has 100 valence electrons. The van der Waals surface area contributed by atoms with Gasteiger partial charge in [0.1, 0.15) is 6.10 Å². The highest BCUT2D eigenvalue weighted by molar-refractivity contribution is 5.73. The molecule has 7 heteroatoms. The quantitative estimate of drug-likeness (QED) is 0.773. The van der Waals surface area contributed by atoms with Crippen LogP contribution < -0.4 is 0 Å². The van der Waals surface area contributed by atoms with Crippen molar-refractivity contribution < 1.29 is 33.3 Å². The topological polar surface area (TPSA) is 77.8 Å². The van der Waals surface area contributed by atoms with Crippen molar-refractivity contribution in [2.75, 3.05) is 0 Å². The van der Waals surface area contributed by atoms with Gasteiger partial charge in [-0.05, 0) is 24.6 Å². The molecule has 0 saturated carbocycles. The highest BCUT2D eigenvalue weighted by Gasteiger charge is 2.33.